The Morgan fingerprint density at radius 1 is 0.917 bits per heavy atom. The van der Waals surface area contributed by atoms with Gasteiger partial charge in [-0.25, -0.2) is 0 Å². The highest BCUT2D eigenvalue weighted by Gasteiger charge is 2.51. The van der Waals surface area contributed by atoms with E-state index in [4.69, 9.17) is 9.47 Å². The second kappa shape index (κ2) is 9.13. The van der Waals surface area contributed by atoms with E-state index in [0.717, 1.165) is 23.3 Å². The Kier molecular flexibility index (Phi) is 5.93. The summed E-state index contributed by atoms with van der Waals surface area (Å²) >= 11 is 0. The van der Waals surface area contributed by atoms with Crippen LogP contribution in [0.4, 0.5) is 0 Å². The number of fused-ring (bicyclic) bond motifs is 1. The Bertz CT molecular complexity index is 1120. The van der Waals surface area contributed by atoms with Crippen LogP contribution in [0.1, 0.15) is 73.9 Å². The first-order valence-electron chi connectivity index (χ1n) is 13.5. The van der Waals surface area contributed by atoms with Gasteiger partial charge in [-0.15, -0.1) is 0 Å². The Labute approximate surface area is 213 Å². The minimum atomic E-state index is -0.616. The van der Waals surface area contributed by atoms with Crippen molar-refractivity contribution in [2.24, 2.45) is 23.7 Å². The number of nitrogens with one attached hydrogen (secondary N) is 2. The van der Waals surface area contributed by atoms with Crippen LogP contribution in [0, 0.1) is 23.7 Å². The van der Waals surface area contributed by atoms with E-state index in [2.05, 4.69) is 22.8 Å². The number of hydrogen-bond acceptors (Lipinski definition) is 4. The Morgan fingerprint density at radius 3 is 2.19 bits per heavy atom. The Hall–Kier alpha value is -3.02. The molecule has 0 aromatic heterocycles. The van der Waals surface area contributed by atoms with Crippen LogP contribution in [0.3, 0.4) is 0 Å². The van der Waals surface area contributed by atoms with Crippen molar-refractivity contribution in [2.75, 3.05) is 6.79 Å². The molecule has 0 saturated heterocycles. The van der Waals surface area contributed by atoms with E-state index in [0.29, 0.717) is 29.0 Å². The molecule has 1 heterocycles. The van der Waals surface area contributed by atoms with Crippen molar-refractivity contribution in [1.29, 1.82) is 0 Å². The molecule has 5 aliphatic rings. The molecule has 36 heavy (non-hydrogen) atoms. The van der Waals surface area contributed by atoms with Gasteiger partial charge in [0.2, 0.25) is 12.7 Å². The van der Waals surface area contributed by atoms with Crippen LogP contribution in [0.5, 0.6) is 11.5 Å². The summed E-state index contributed by atoms with van der Waals surface area (Å²) in [7, 11) is 0. The molecule has 0 spiro atoms. The predicted molar refractivity (Wildman–Crippen MR) is 137 cm³/mol. The van der Waals surface area contributed by atoms with Crippen LogP contribution in [0.15, 0.2) is 42.5 Å². The molecule has 190 valence electrons. The molecule has 1 unspecified atom stereocenters. The van der Waals surface area contributed by atoms with Gasteiger partial charge >= 0.3 is 0 Å². The van der Waals surface area contributed by atoms with Crippen LogP contribution in [0.2, 0.25) is 0 Å². The smallest absolute Gasteiger partial charge is 0.251 e. The van der Waals surface area contributed by atoms with E-state index in [-0.39, 0.29) is 24.5 Å². The molecule has 6 heteroatoms. The second-order valence-corrected chi connectivity index (χ2v) is 11.9. The van der Waals surface area contributed by atoms with E-state index in [9.17, 15) is 9.59 Å². The molecule has 4 saturated carbocycles. The van der Waals surface area contributed by atoms with Gasteiger partial charge in [-0.05, 0) is 103 Å². The van der Waals surface area contributed by atoms with E-state index >= 15 is 0 Å². The van der Waals surface area contributed by atoms with Crippen molar-refractivity contribution in [3.05, 3.63) is 59.2 Å². The van der Waals surface area contributed by atoms with Gasteiger partial charge in [0.25, 0.3) is 5.91 Å². The third-order valence-corrected chi connectivity index (χ3v) is 8.94. The normalized spacial score (nSPS) is 28.2. The number of ether oxygens (including phenoxy) is 2. The van der Waals surface area contributed by atoms with E-state index in [1.807, 2.05) is 44.2 Å². The van der Waals surface area contributed by atoms with Gasteiger partial charge in [-0.2, -0.15) is 0 Å². The number of benzene rings is 2. The number of carbonyl (C=O) groups is 2. The molecule has 4 fully saturated rings. The standard InChI is InChI=1S/C30H36N2O4/c1-18(2)27(29(34)31-16-19-3-8-25-26(12-19)36-17-35-25)32-28(33)23-4-6-24(7-5-23)30-13-20-9-21(14-30)11-22(10-20)15-30/h3-8,12,18,20-22,27H,9-11,13-17H2,1-2H3,(H,31,34)(H,32,33). The maximum atomic E-state index is 13.1. The SMILES string of the molecule is CC(C)C(NC(=O)c1ccc(C23CC4CC(CC(C4)C2)C3)cc1)C(=O)NCc1ccc2c(c1)OCO2. The van der Waals surface area contributed by atoms with Crippen molar-refractivity contribution in [2.45, 2.75) is 70.4 Å². The number of rotatable bonds is 7. The first-order chi connectivity index (χ1) is 17.4. The molecule has 1 aliphatic heterocycles. The zero-order chi connectivity index (χ0) is 24.9. The number of carbonyl (C=O) groups excluding carboxylic acids is 2. The Morgan fingerprint density at radius 2 is 1.56 bits per heavy atom. The number of amides is 2. The molecule has 7 rings (SSSR count). The van der Waals surface area contributed by atoms with E-state index < -0.39 is 6.04 Å². The molecule has 2 aromatic rings. The number of hydrogen-bond donors (Lipinski definition) is 2. The van der Waals surface area contributed by atoms with Crippen LogP contribution < -0.4 is 20.1 Å². The van der Waals surface area contributed by atoms with Crippen molar-refractivity contribution in [3.63, 3.8) is 0 Å². The largest absolute Gasteiger partial charge is 0.454 e. The van der Waals surface area contributed by atoms with Gasteiger partial charge < -0.3 is 20.1 Å². The molecule has 1 atom stereocenters. The molecule has 6 nitrogen and oxygen atoms in total. The van der Waals surface area contributed by atoms with Crippen molar-refractivity contribution in [1.82, 2.24) is 10.6 Å². The summed E-state index contributed by atoms with van der Waals surface area (Å²) in [6.45, 7) is 4.47. The van der Waals surface area contributed by atoms with Gasteiger partial charge in [0.05, 0.1) is 0 Å². The summed E-state index contributed by atoms with van der Waals surface area (Å²) in [6.07, 6.45) is 8.20. The fourth-order valence-corrected chi connectivity index (χ4v) is 7.55. The summed E-state index contributed by atoms with van der Waals surface area (Å²) in [5, 5.41) is 5.93. The van der Waals surface area contributed by atoms with Gasteiger partial charge in [0.1, 0.15) is 6.04 Å². The lowest BCUT2D eigenvalue weighted by atomic mass is 9.48. The minimum absolute atomic E-state index is 0.0444. The molecular formula is C30H36N2O4. The van der Waals surface area contributed by atoms with Crippen LogP contribution in [0.25, 0.3) is 0 Å². The van der Waals surface area contributed by atoms with Gasteiger partial charge in [0.15, 0.2) is 11.5 Å². The second-order valence-electron chi connectivity index (χ2n) is 11.9. The highest BCUT2D eigenvalue weighted by Crippen LogP contribution is 2.60. The molecule has 2 N–H and O–H groups in total. The average Bonchev–Trinajstić information content (AvgIpc) is 3.33. The quantitative estimate of drug-likeness (QED) is 0.578. The molecular weight excluding hydrogens is 452 g/mol. The summed E-state index contributed by atoms with van der Waals surface area (Å²) in [6, 6.07) is 13.3. The summed E-state index contributed by atoms with van der Waals surface area (Å²) in [4.78, 5) is 26.1. The molecule has 2 aromatic carbocycles. The van der Waals surface area contributed by atoms with Crippen LogP contribution in [-0.2, 0) is 16.8 Å². The zero-order valence-electron chi connectivity index (χ0n) is 21.2. The monoisotopic (exact) mass is 488 g/mol. The summed E-state index contributed by atoms with van der Waals surface area (Å²) in [5.74, 6) is 3.63. The van der Waals surface area contributed by atoms with E-state index in [1.54, 1.807) is 0 Å². The van der Waals surface area contributed by atoms with Crippen LogP contribution in [-0.4, -0.2) is 24.6 Å². The fourth-order valence-electron chi connectivity index (χ4n) is 7.55. The fraction of sp³-hybridized carbons (Fsp3) is 0.533. The average molecular weight is 489 g/mol. The summed E-state index contributed by atoms with van der Waals surface area (Å²) in [5.41, 5.74) is 3.25. The zero-order valence-corrected chi connectivity index (χ0v) is 21.2. The first kappa shape index (κ1) is 23.4. The van der Waals surface area contributed by atoms with Crippen molar-refractivity contribution >= 4 is 11.8 Å². The van der Waals surface area contributed by atoms with Gasteiger partial charge in [0, 0.05) is 12.1 Å². The third-order valence-electron chi connectivity index (χ3n) is 8.94. The molecule has 4 aliphatic carbocycles. The third kappa shape index (κ3) is 4.35. The lowest BCUT2D eigenvalue weighted by molar-refractivity contribution is -0.124. The van der Waals surface area contributed by atoms with Crippen molar-refractivity contribution in [3.8, 4) is 11.5 Å². The molecule has 4 bridgehead atoms. The minimum Gasteiger partial charge on any atom is -0.454 e. The lowest BCUT2D eigenvalue weighted by Crippen LogP contribution is -2.49. The first-order valence-corrected chi connectivity index (χ1v) is 13.5. The lowest BCUT2D eigenvalue weighted by Gasteiger charge is -2.57. The predicted octanol–water partition coefficient (Wildman–Crippen LogP) is 4.95. The molecule has 0 radical (unpaired) electrons. The summed E-state index contributed by atoms with van der Waals surface area (Å²) < 4.78 is 10.8. The van der Waals surface area contributed by atoms with E-state index in [1.165, 1.54) is 44.1 Å². The maximum absolute atomic E-state index is 13.1. The topological polar surface area (TPSA) is 76.7 Å². The maximum Gasteiger partial charge on any atom is 0.251 e. The van der Waals surface area contributed by atoms with Crippen molar-refractivity contribution < 1.29 is 19.1 Å². The highest BCUT2D eigenvalue weighted by molar-refractivity contribution is 5.97. The van der Waals surface area contributed by atoms with Crippen LogP contribution >= 0.6 is 0 Å². The highest BCUT2D eigenvalue weighted by atomic mass is 16.7. The van der Waals surface area contributed by atoms with Gasteiger partial charge in [-0.3, -0.25) is 9.59 Å². The van der Waals surface area contributed by atoms with Gasteiger partial charge in [-0.1, -0.05) is 32.0 Å². The Balaban J connectivity index is 1.09. The molecule has 2 amide bonds.